The van der Waals surface area contributed by atoms with Crippen LogP contribution in [0.1, 0.15) is 64.7 Å². The summed E-state index contributed by atoms with van der Waals surface area (Å²) in [7, 11) is 0. The van der Waals surface area contributed by atoms with E-state index in [-0.39, 0.29) is 18.0 Å². The van der Waals surface area contributed by atoms with Gasteiger partial charge in [0.25, 0.3) is 0 Å². The molecule has 0 aromatic carbocycles. The number of halogens is 1. The average Bonchev–Trinajstić information content (AvgIpc) is 2.62. The quantitative estimate of drug-likeness (QED) is 0.393. The van der Waals surface area contributed by atoms with Gasteiger partial charge in [0.15, 0.2) is 5.83 Å². The number of esters is 1. The van der Waals surface area contributed by atoms with E-state index in [1.54, 1.807) is 6.08 Å². The molecule has 2 rings (SSSR count). The number of rotatable bonds is 5. The minimum absolute atomic E-state index is 0.0185. The van der Waals surface area contributed by atoms with E-state index in [4.69, 9.17) is 10.00 Å². The number of carbonyl (C=O) groups excluding carboxylic acids is 1. The molecule has 0 unspecified atom stereocenters. The summed E-state index contributed by atoms with van der Waals surface area (Å²) in [5, 5.41) is 8.35. The van der Waals surface area contributed by atoms with Crippen LogP contribution in [0.3, 0.4) is 0 Å². The van der Waals surface area contributed by atoms with Gasteiger partial charge in [0, 0.05) is 0 Å². The molecule has 0 aromatic heterocycles. The summed E-state index contributed by atoms with van der Waals surface area (Å²) in [4.78, 5) is 12.3. The highest BCUT2D eigenvalue weighted by Crippen LogP contribution is 2.33. The van der Waals surface area contributed by atoms with Gasteiger partial charge in [0.05, 0.1) is 5.92 Å². The van der Waals surface area contributed by atoms with Crippen molar-refractivity contribution in [3.63, 3.8) is 0 Å². The fraction of sp³-hybridized carbons (Fsp3) is 0.700. The molecule has 0 aliphatic heterocycles. The van der Waals surface area contributed by atoms with Crippen molar-refractivity contribution in [3.8, 4) is 6.07 Å². The lowest BCUT2D eigenvalue weighted by atomic mass is 9.81. The lowest BCUT2D eigenvalue weighted by Crippen LogP contribution is -2.29. The summed E-state index contributed by atoms with van der Waals surface area (Å²) in [6.45, 7) is 2.23. The molecule has 0 radical (unpaired) electrons. The molecule has 24 heavy (non-hydrogen) atoms. The van der Waals surface area contributed by atoms with Crippen LogP contribution in [0.4, 0.5) is 4.39 Å². The van der Waals surface area contributed by atoms with Gasteiger partial charge in [0.2, 0.25) is 0 Å². The van der Waals surface area contributed by atoms with Gasteiger partial charge in [-0.15, -0.1) is 0 Å². The second-order valence-corrected chi connectivity index (χ2v) is 7.11. The molecule has 0 saturated heterocycles. The van der Waals surface area contributed by atoms with Crippen LogP contribution in [0.15, 0.2) is 24.1 Å². The molecule has 0 spiro atoms. The predicted molar refractivity (Wildman–Crippen MR) is 91.5 cm³/mol. The Morgan fingerprint density at radius 3 is 2.42 bits per heavy atom. The molecule has 4 heteroatoms. The molecule has 0 bridgehead atoms. The summed E-state index contributed by atoms with van der Waals surface area (Å²) in [6, 6.07) is 1.45. The first kappa shape index (κ1) is 18.7. The van der Waals surface area contributed by atoms with Crippen molar-refractivity contribution in [1.29, 1.82) is 5.26 Å². The van der Waals surface area contributed by atoms with Gasteiger partial charge in [-0.05, 0) is 69.3 Å². The Morgan fingerprint density at radius 2 is 1.83 bits per heavy atom. The second-order valence-electron chi connectivity index (χ2n) is 7.11. The van der Waals surface area contributed by atoms with Crippen molar-refractivity contribution in [2.24, 2.45) is 17.8 Å². The standard InChI is InChI=1S/C20H28FNO2/c1-2-15-8-12-19(13-9-15)24-20(23)17-10-6-16(7-11-17)4-3-5-18(21)14-22/h3-5,15-17,19H,2,6-13H2,1H3. The van der Waals surface area contributed by atoms with E-state index in [1.165, 1.54) is 31.4 Å². The summed E-state index contributed by atoms with van der Waals surface area (Å²) in [5.41, 5.74) is 0. The Labute approximate surface area is 144 Å². The van der Waals surface area contributed by atoms with Crippen LogP contribution < -0.4 is 0 Å². The van der Waals surface area contributed by atoms with Gasteiger partial charge >= 0.3 is 5.97 Å². The number of nitriles is 1. The van der Waals surface area contributed by atoms with E-state index in [0.29, 0.717) is 5.92 Å². The molecule has 0 amide bonds. The van der Waals surface area contributed by atoms with Crippen molar-refractivity contribution in [1.82, 2.24) is 0 Å². The third kappa shape index (κ3) is 5.78. The molecular weight excluding hydrogens is 305 g/mol. The van der Waals surface area contributed by atoms with E-state index in [2.05, 4.69) is 6.92 Å². The van der Waals surface area contributed by atoms with Crippen LogP contribution in [0, 0.1) is 29.1 Å². The first-order valence-corrected chi connectivity index (χ1v) is 9.27. The molecule has 0 heterocycles. The first-order chi connectivity index (χ1) is 11.6. The maximum absolute atomic E-state index is 12.7. The molecule has 0 aromatic rings. The highest BCUT2D eigenvalue weighted by molar-refractivity contribution is 5.72. The zero-order valence-electron chi connectivity index (χ0n) is 14.5. The molecule has 2 aliphatic rings. The fourth-order valence-electron chi connectivity index (χ4n) is 3.80. The van der Waals surface area contributed by atoms with Gasteiger partial charge in [-0.3, -0.25) is 4.79 Å². The SMILES string of the molecule is CCC1CCC(OC(=O)C2CCC(C=CC=C(F)C#N)CC2)CC1. The Balaban J connectivity index is 1.70. The summed E-state index contributed by atoms with van der Waals surface area (Å²) in [5.74, 6) is 0.387. The number of ether oxygens (including phenoxy) is 1. The van der Waals surface area contributed by atoms with Crippen molar-refractivity contribution >= 4 is 5.97 Å². The number of allylic oxidation sites excluding steroid dienone is 4. The van der Waals surface area contributed by atoms with Gasteiger partial charge in [-0.1, -0.05) is 25.5 Å². The highest BCUT2D eigenvalue weighted by Gasteiger charge is 2.29. The lowest BCUT2D eigenvalue weighted by Gasteiger charge is -2.30. The first-order valence-electron chi connectivity index (χ1n) is 9.27. The summed E-state index contributed by atoms with van der Waals surface area (Å²) in [6.07, 6.45) is 14.0. The van der Waals surface area contributed by atoms with Gasteiger partial charge in [-0.2, -0.15) is 9.65 Å². The molecule has 2 aliphatic carbocycles. The van der Waals surface area contributed by atoms with E-state index in [0.717, 1.165) is 44.4 Å². The summed E-state index contributed by atoms with van der Waals surface area (Å²) >= 11 is 0. The van der Waals surface area contributed by atoms with Crippen LogP contribution in [0.5, 0.6) is 0 Å². The van der Waals surface area contributed by atoms with Gasteiger partial charge in [-0.25, -0.2) is 0 Å². The minimum Gasteiger partial charge on any atom is -0.462 e. The van der Waals surface area contributed by atoms with Gasteiger partial charge < -0.3 is 4.74 Å². The highest BCUT2D eigenvalue weighted by atomic mass is 19.1. The monoisotopic (exact) mass is 333 g/mol. The third-order valence-electron chi connectivity index (χ3n) is 5.49. The maximum Gasteiger partial charge on any atom is 0.309 e. The molecule has 0 N–H and O–H groups in total. The van der Waals surface area contributed by atoms with Crippen LogP contribution in [0.25, 0.3) is 0 Å². The molecule has 2 fully saturated rings. The minimum atomic E-state index is -0.777. The van der Waals surface area contributed by atoms with Crippen LogP contribution >= 0.6 is 0 Å². The molecule has 2 saturated carbocycles. The van der Waals surface area contributed by atoms with Crippen LogP contribution in [-0.2, 0) is 9.53 Å². The van der Waals surface area contributed by atoms with Gasteiger partial charge in [0.1, 0.15) is 12.2 Å². The Hall–Kier alpha value is -1.63. The number of hydrogen-bond acceptors (Lipinski definition) is 3. The Morgan fingerprint density at radius 1 is 1.17 bits per heavy atom. The topological polar surface area (TPSA) is 50.1 Å². The van der Waals surface area contributed by atoms with Crippen molar-refractivity contribution < 1.29 is 13.9 Å². The second kappa shape index (κ2) is 9.61. The average molecular weight is 333 g/mol. The number of hydrogen-bond donors (Lipinski definition) is 0. The molecule has 3 nitrogen and oxygen atoms in total. The number of carbonyl (C=O) groups is 1. The van der Waals surface area contributed by atoms with E-state index >= 15 is 0 Å². The number of nitrogens with zero attached hydrogens (tertiary/aromatic N) is 1. The van der Waals surface area contributed by atoms with E-state index < -0.39 is 5.83 Å². The molecule has 0 atom stereocenters. The van der Waals surface area contributed by atoms with Crippen molar-refractivity contribution in [3.05, 3.63) is 24.1 Å². The van der Waals surface area contributed by atoms with Crippen molar-refractivity contribution in [2.45, 2.75) is 70.8 Å². The lowest BCUT2D eigenvalue weighted by molar-refractivity contribution is -0.157. The Bertz CT molecular complexity index is 504. The molecular formula is C20H28FNO2. The van der Waals surface area contributed by atoms with Crippen LogP contribution in [0.2, 0.25) is 0 Å². The normalized spacial score (nSPS) is 31.6. The summed E-state index contributed by atoms with van der Waals surface area (Å²) < 4.78 is 18.4. The van der Waals surface area contributed by atoms with E-state index in [1.807, 2.05) is 6.08 Å². The fourth-order valence-corrected chi connectivity index (χ4v) is 3.80. The smallest absolute Gasteiger partial charge is 0.309 e. The Kier molecular flexibility index (Phi) is 7.49. The third-order valence-corrected chi connectivity index (χ3v) is 5.49. The largest absolute Gasteiger partial charge is 0.462 e. The van der Waals surface area contributed by atoms with Crippen LogP contribution in [-0.4, -0.2) is 12.1 Å². The molecule has 132 valence electrons. The predicted octanol–water partition coefficient (Wildman–Crippen LogP) is 5.24. The zero-order chi connectivity index (χ0) is 17.4. The maximum atomic E-state index is 12.7. The van der Waals surface area contributed by atoms with Crippen molar-refractivity contribution in [2.75, 3.05) is 0 Å². The van der Waals surface area contributed by atoms with E-state index in [9.17, 15) is 9.18 Å². The zero-order valence-corrected chi connectivity index (χ0v) is 14.5.